The van der Waals surface area contributed by atoms with Crippen molar-refractivity contribution in [2.75, 3.05) is 0 Å². The molecule has 2 amide bonds. The molecule has 1 aromatic rings. The molecule has 0 heterocycles. The van der Waals surface area contributed by atoms with Gasteiger partial charge in [0.1, 0.15) is 11.8 Å². The summed E-state index contributed by atoms with van der Waals surface area (Å²) in [5.41, 5.74) is 1.06. The van der Waals surface area contributed by atoms with E-state index in [1.807, 2.05) is 0 Å². The van der Waals surface area contributed by atoms with Crippen molar-refractivity contribution in [3.05, 3.63) is 29.3 Å². The van der Waals surface area contributed by atoms with Gasteiger partial charge in [-0.15, -0.1) is 0 Å². The Labute approximate surface area is 112 Å². The number of hydrogen-bond acceptors (Lipinski definition) is 3. The SMILES string of the molecule is Cc1cc(C(=O)NC(C)C(=O)NC2CC2)ccc1O. The number of carbonyl (C=O) groups excluding carboxylic acids is 2. The first kappa shape index (κ1) is 13.4. The van der Waals surface area contributed by atoms with Crippen LogP contribution in [-0.4, -0.2) is 29.0 Å². The molecule has 0 aliphatic heterocycles. The van der Waals surface area contributed by atoms with E-state index in [2.05, 4.69) is 10.6 Å². The number of aryl methyl sites for hydroxylation is 1. The Kier molecular flexibility index (Phi) is 3.74. The number of amides is 2. The average Bonchev–Trinajstić information content (AvgIpc) is 3.16. The van der Waals surface area contributed by atoms with Gasteiger partial charge in [-0.1, -0.05) is 0 Å². The topological polar surface area (TPSA) is 78.4 Å². The summed E-state index contributed by atoms with van der Waals surface area (Å²) in [5.74, 6) is -0.330. The zero-order chi connectivity index (χ0) is 14.0. The van der Waals surface area contributed by atoms with Crippen LogP contribution in [0.25, 0.3) is 0 Å². The molecule has 1 aliphatic carbocycles. The molecule has 0 aromatic heterocycles. The molecule has 5 heteroatoms. The molecule has 1 atom stereocenters. The third-order valence-corrected chi connectivity index (χ3v) is 3.12. The standard InChI is InChI=1S/C14H18N2O3/c1-8-7-10(3-6-12(8)17)14(19)15-9(2)13(18)16-11-4-5-11/h3,6-7,9,11,17H,4-5H2,1-2H3,(H,15,19)(H,16,18). The van der Waals surface area contributed by atoms with Gasteiger partial charge in [0.25, 0.3) is 5.91 Å². The van der Waals surface area contributed by atoms with Gasteiger partial charge in [-0.3, -0.25) is 9.59 Å². The summed E-state index contributed by atoms with van der Waals surface area (Å²) in [4.78, 5) is 23.7. The molecule has 102 valence electrons. The van der Waals surface area contributed by atoms with Crippen molar-refractivity contribution < 1.29 is 14.7 Å². The molecule has 0 spiro atoms. The molecule has 0 saturated heterocycles. The number of phenols is 1. The van der Waals surface area contributed by atoms with E-state index in [-0.39, 0.29) is 23.6 Å². The number of rotatable bonds is 4. The molecular weight excluding hydrogens is 244 g/mol. The minimum absolute atomic E-state index is 0.149. The summed E-state index contributed by atoms with van der Waals surface area (Å²) in [7, 11) is 0. The summed E-state index contributed by atoms with van der Waals surface area (Å²) in [6.45, 7) is 3.37. The van der Waals surface area contributed by atoms with E-state index < -0.39 is 6.04 Å². The molecule has 3 N–H and O–H groups in total. The number of phenolic OH excluding ortho intramolecular Hbond substituents is 1. The Morgan fingerprint density at radius 3 is 2.63 bits per heavy atom. The van der Waals surface area contributed by atoms with E-state index in [1.54, 1.807) is 19.9 Å². The lowest BCUT2D eigenvalue weighted by molar-refractivity contribution is -0.122. The molecule has 2 rings (SSSR count). The predicted octanol–water partition coefficient (Wildman–Crippen LogP) is 1.10. The van der Waals surface area contributed by atoms with Crippen LogP contribution in [-0.2, 0) is 4.79 Å². The third kappa shape index (κ3) is 3.47. The van der Waals surface area contributed by atoms with Crippen molar-refractivity contribution in [1.29, 1.82) is 0 Å². The highest BCUT2D eigenvalue weighted by atomic mass is 16.3. The fraction of sp³-hybridized carbons (Fsp3) is 0.429. The van der Waals surface area contributed by atoms with Gasteiger partial charge in [0.2, 0.25) is 5.91 Å². The molecule has 1 aliphatic rings. The largest absolute Gasteiger partial charge is 0.508 e. The van der Waals surface area contributed by atoms with Crippen LogP contribution in [0.2, 0.25) is 0 Å². The lowest BCUT2D eigenvalue weighted by atomic mass is 10.1. The van der Waals surface area contributed by atoms with Crippen molar-refractivity contribution in [2.24, 2.45) is 0 Å². The van der Waals surface area contributed by atoms with Crippen molar-refractivity contribution >= 4 is 11.8 Å². The van der Waals surface area contributed by atoms with Crippen molar-refractivity contribution in [3.63, 3.8) is 0 Å². The number of carbonyl (C=O) groups is 2. The van der Waals surface area contributed by atoms with Gasteiger partial charge in [-0.2, -0.15) is 0 Å². The molecule has 1 saturated carbocycles. The zero-order valence-electron chi connectivity index (χ0n) is 11.1. The molecule has 5 nitrogen and oxygen atoms in total. The Morgan fingerprint density at radius 1 is 1.37 bits per heavy atom. The van der Waals surface area contributed by atoms with E-state index in [0.717, 1.165) is 12.8 Å². The molecule has 1 unspecified atom stereocenters. The zero-order valence-corrected chi connectivity index (χ0v) is 11.1. The predicted molar refractivity (Wildman–Crippen MR) is 70.9 cm³/mol. The Bertz CT molecular complexity index is 509. The van der Waals surface area contributed by atoms with E-state index in [9.17, 15) is 14.7 Å². The number of hydrogen-bond donors (Lipinski definition) is 3. The van der Waals surface area contributed by atoms with Crippen LogP contribution in [0.3, 0.4) is 0 Å². The summed E-state index contributed by atoms with van der Waals surface area (Å²) in [6.07, 6.45) is 2.03. The fourth-order valence-corrected chi connectivity index (χ4v) is 1.70. The van der Waals surface area contributed by atoms with Crippen molar-refractivity contribution in [1.82, 2.24) is 10.6 Å². The van der Waals surface area contributed by atoms with Crippen LogP contribution in [0.5, 0.6) is 5.75 Å². The Balaban J connectivity index is 1.95. The van der Waals surface area contributed by atoms with Crippen LogP contribution < -0.4 is 10.6 Å². The quantitative estimate of drug-likeness (QED) is 0.760. The lowest BCUT2D eigenvalue weighted by Gasteiger charge is -2.14. The maximum Gasteiger partial charge on any atom is 0.251 e. The highest BCUT2D eigenvalue weighted by molar-refractivity contribution is 5.97. The van der Waals surface area contributed by atoms with Gasteiger partial charge in [0.05, 0.1) is 0 Å². The summed E-state index contributed by atoms with van der Waals surface area (Å²) >= 11 is 0. The second kappa shape index (κ2) is 5.30. The van der Waals surface area contributed by atoms with Gasteiger partial charge in [0, 0.05) is 11.6 Å². The first-order valence-electron chi connectivity index (χ1n) is 6.38. The minimum atomic E-state index is -0.567. The molecule has 0 radical (unpaired) electrons. The van der Waals surface area contributed by atoms with Crippen molar-refractivity contribution in [3.8, 4) is 5.75 Å². The summed E-state index contributed by atoms with van der Waals surface area (Å²) in [5, 5.41) is 14.9. The first-order valence-corrected chi connectivity index (χ1v) is 6.38. The molecule has 1 aromatic carbocycles. The molecule has 1 fully saturated rings. The van der Waals surface area contributed by atoms with E-state index >= 15 is 0 Å². The van der Waals surface area contributed by atoms with E-state index in [4.69, 9.17) is 0 Å². The smallest absolute Gasteiger partial charge is 0.251 e. The maximum absolute atomic E-state index is 12.0. The van der Waals surface area contributed by atoms with E-state index in [1.165, 1.54) is 12.1 Å². The van der Waals surface area contributed by atoms with Crippen LogP contribution in [0.4, 0.5) is 0 Å². The number of nitrogens with one attached hydrogen (secondary N) is 2. The van der Waals surface area contributed by atoms with Gasteiger partial charge >= 0.3 is 0 Å². The van der Waals surface area contributed by atoms with Crippen LogP contribution in [0, 0.1) is 6.92 Å². The molecular formula is C14H18N2O3. The van der Waals surface area contributed by atoms with Crippen molar-refractivity contribution in [2.45, 2.75) is 38.8 Å². The Hall–Kier alpha value is -2.04. The second-order valence-corrected chi connectivity index (χ2v) is 4.98. The summed E-state index contributed by atoms with van der Waals surface area (Å²) < 4.78 is 0. The number of aromatic hydroxyl groups is 1. The van der Waals surface area contributed by atoms with E-state index in [0.29, 0.717) is 11.1 Å². The Morgan fingerprint density at radius 2 is 2.05 bits per heavy atom. The monoisotopic (exact) mass is 262 g/mol. The van der Waals surface area contributed by atoms with Gasteiger partial charge in [-0.05, 0) is 50.5 Å². The maximum atomic E-state index is 12.0. The average molecular weight is 262 g/mol. The first-order chi connectivity index (χ1) is 8.97. The van der Waals surface area contributed by atoms with Gasteiger partial charge in [0.15, 0.2) is 0 Å². The fourth-order valence-electron chi connectivity index (χ4n) is 1.70. The third-order valence-electron chi connectivity index (χ3n) is 3.12. The van der Waals surface area contributed by atoms with Crippen LogP contribution in [0.1, 0.15) is 35.7 Å². The van der Waals surface area contributed by atoms with Gasteiger partial charge < -0.3 is 15.7 Å². The normalized spacial score (nSPS) is 15.7. The minimum Gasteiger partial charge on any atom is -0.508 e. The highest BCUT2D eigenvalue weighted by Crippen LogP contribution is 2.19. The number of benzene rings is 1. The van der Waals surface area contributed by atoms with Crippen LogP contribution in [0.15, 0.2) is 18.2 Å². The molecule has 0 bridgehead atoms. The lowest BCUT2D eigenvalue weighted by Crippen LogP contribution is -2.45. The summed E-state index contributed by atoms with van der Waals surface area (Å²) in [6, 6.07) is 4.31. The van der Waals surface area contributed by atoms with Crippen LogP contribution >= 0.6 is 0 Å². The highest BCUT2D eigenvalue weighted by Gasteiger charge is 2.26. The molecule has 19 heavy (non-hydrogen) atoms. The van der Waals surface area contributed by atoms with Gasteiger partial charge in [-0.25, -0.2) is 0 Å². The second-order valence-electron chi connectivity index (χ2n) is 4.98.